The maximum atomic E-state index is 13.2. The van der Waals surface area contributed by atoms with E-state index in [1.54, 1.807) is 0 Å². The SMILES string of the molecule is CCCCCC/C=C\CCCCCCCCCC(=O)OC(CCCCCCC/C=C\CCCCCC)CC(=O)NC(CO)C(O)CCCCCCCCCCCCCCCCCC. The van der Waals surface area contributed by atoms with E-state index < -0.39 is 18.2 Å². The molecule has 1 amide bonds. The first-order chi connectivity index (χ1) is 31.0. The van der Waals surface area contributed by atoms with Crippen molar-refractivity contribution in [2.45, 2.75) is 322 Å². The molecular formula is C57H109NO5. The minimum absolute atomic E-state index is 0.0745. The Hall–Kier alpha value is -1.66. The molecule has 63 heavy (non-hydrogen) atoms. The van der Waals surface area contributed by atoms with E-state index in [0.717, 1.165) is 57.8 Å². The van der Waals surface area contributed by atoms with Gasteiger partial charge in [0.2, 0.25) is 5.91 Å². The Bertz CT molecular complexity index is 997. The zero-order valence-corrected chi connectivity index (χ0v) is 42.5. The average molecular weight is 889 g/mol. The lowest BCUT2D eigenvalue weighted by molar-refractivity contribution is -0.151. The third-order valence-corrected chi connectivity index (χ3v) is 13.0. The molecule has 3 atom stereocenters. The van der Waals surface area contributed by atoms with Crippen molar-refractivity contribution >= 4 is 11.9 Å². The third kappa shape index (κ3) is 46.7. The monoisotopic (exact) mass is 888 g/mol. The van der Waals surface area contributed by atoms with E-state index in [9.17, 15) is 19.8 Å². The molecule has 0 heterocycles. The number of unbranched alkanes of at least 4 members (excludes halogenated alkanes) is 35. The van der Waals surface area contributed by atoms with Gasteiger partial charge in [0.1, 0.15) is 6.10 Å². The van der Waals surface area contributed by atoms with Gasteiger partial charge in [0.05, 0.1) is 25.2 Å². The normalized spacial score (nSPS) is 13.3. The average Bonchev–Trinajstić information content (AvgIpc) is 3.28. The van der Waals surface area contributed by atoms with Gasteiger partial charge >= 0.3 is 5.97 Å². The molecule has 0 aromatic rings. The Balaban J connectivity index is 4.51. The van der Waals surface area contributed by atoms with Crippen LogP contribution in [0.2, 0.25) is 0 Å². The van der Waals surface area contributed by atoms with E-state index in [1.807, 2.05) is 0 Å². The van der Waals surface area contributed by atoms with E-state index in [2.05, 4.69) is 50.4 Å². The summed E-state index contributed by atoms with van der Waals surface area (Å²) in [5, 5.41) is 23.9. The molecule has 3 N–H and O–H groups in total. The van der Waals surface area contributed by atoms with E-state index in [4.69, 9.17) is 4.74 Å². The van der Waals surface area contributed by atoms with Gasteiger partial charge in [0.25, 0.3) is 0 Å². The molecule has 0 saturated heterocycles. The molecule has 0 saturated carbocycles. The summed E-state index contributed by atoms with van der Waals surface area (Å²) in [6.45, 7) is 6.49. The number of rotatable bonds is 51. The maximum absolute atomic E-state index is 13.2. The highest BCUT2D eigenvalue weighted by molar-refractivity contribution is 5.77. The number of aliphatic hydroxyl groups is 2. The van der Waals surface area contributed by atoms with Crippen molar-refractivity contribution in [2.75, 3.05) is 6.61 Å². The Morgan fingerprint density at radius 1 is 0.444 bits per heavy atom. The van der Waals surface area contributed by atoms with Crippen LogP contribution in [-0.4, -0.2) is 46.9 Å². The highest BCUT2D eigenvalue weighted by atomic mass is 16.5. The van der Waals surface area contributed by atoms with Crippen LogP contribution in [0, 0.1) is 0 Å². The molecule has 0 aliphatic carbocycles. The predicted octanol–water partition coefficient (Wildman–Crippen LogP) is 17.1. The topological polar surface area (TPSA) is 95.9 Å². The molecule has 0 aliphatic heterocycles. The fourth-order valence-corrected chi connectivity index (χ4v) is 8.72. The quantitative estimate of drug-likeness (QED) is 0.0321. The molecule has 0 rings (SSSR count). The number of carbonyl (C=O) groups excluding carboxylic acids is 2. The highest BCUT2D eigenvalue weighted by Crippen LogP contribution is 2.18. The lowest BCUT2D eigenvalue weighted by Crippen LogP contribution is -2.46. The molecule has 0 aromatic heterocycles. The molecule has 0 radical (unpaired) electrons. The molecule has 6 nitrogen and oxygen atoms in total. The summed E-state index contributed by atoms with van der Waals surface area (Å²) in [4.78, 5) is 26.2. The van der Waals surface area contributed by atoms with E-state index in [1.165, 1.54) is 199 Å². The van der Waals surface area contributed by atoms with Crippen LogP contribution < -0.4 is 5.32 Å². The first kappa shape index (κ1) is 61.3. The number of esters is 1. The van der Waals surface area contributed by atoms with E-state index >= 15 is 0 Å². The fourth-order valence-electron chi connectivity index (χ4n) is 8.72. The number of hydrogen-bond acceptors (Lipinski definition) is 5. The Labute approximate surface area is 392 Å². The first-order valence-electron chi connectivity index (χ1n) is 28.1. The summed E-state index contributed by atoms with van der Waals surface area (Å²) in [6.07, 6.45) is 59.5. The number of nitrogens with one attached hydrogen (secondary N) is 1. The van der Waals surface area contributed by atoms with E-state index in [0.29, 0.717) is 19.3 Å². The van der Waals surface area contributed by atoms with Crippen LogP contribution in [0.1, 0.15) is 303 Å². The minimum atomic E-state index is -0.788. The van der Waals surface area contributed by atoms with Gasteiger partial charge in [-0.1, -0.05) is 238 Å². The largest absolute Gasteiger partial charge is 0.462 e. The molecule has 3 unspecified atom stereocenters. The van der Waals surface area contributed by atoms with Crippen LogP contribution in [-0.2, 0) is 14.3 Å². The van der Waals surface area contributed by atoms with Crippen molar-refractivity contribution in [1.82, 2.24) is 5.32 Å². The molecular weight excluding hydrogens is 779 g/mol. The number of allylic oxidation sites excluding steroid dienone is 4. The zero-order chi connectivity index (χ0) is 45.9. The van der Waals surface area contributed by atoms with Gasteiger partial charge < -0.3 is 20.3 Å². The number of ether oxygens (including phenoxy) is 1. The van der Waals surface area contributed by atoms with Crippen molar-refractivity contribution in [3.8, 4) is 0 Å². The molecule has 0 bridgehead atoms. The van der Waals surface area contributed by atoms with E-state index in [-0.39, 0.29) is 24.9 Å². The third-order valence-electron chi connectivity index (χ3n) is 13.0. The van der Waals surface area contributed by atoms with Crippen LogP contribution in [0.3, 0.4) is 0 Å². The number of amides is 1. The molecule has 0 fully saturated rings. The zero-order valence-electron chi connectivity index (χ0n) is 42.5. The predicted molar refractivity (Wildman–Crippen MR) is 273 cm³/mol. The van der Waals surface area contributed by atoms with Gasteiger partial charge in [0.15, 0.2) is 0 Å². The second-order valence-corrected chi connectivity index (χ2v) is 19.3. The van der Waals surface area contributed by atoms with Gasteiger partial charge in [-0.2, -0.15) is 0 Å². The minimum Gasteiger partial charge on any atom is -0.462 e. The van der Waals surface area contributed by atoms with Gasteiger partial charge in [-0.25, -0.2) is 0 Å². The summed E-state index contributed by atoms with van der Waals surface area (Å²) in [5.41, 5.74) is 0. The Morgan fingerprint density at radius 2 is 0.762 bits per heavy atom. The van der Waals surface area contributed by atoms with Crippen LogP contribution >= 0.6 is 0 Å². The van der Waals surface area contributed by atoms with Crippen molar-refractivity contribution in [3.05, 3.63) is 24.3 Å². The van der Waals surface area contributed by atoms with Crippen molar-refractivity contribution in [1.29, 1.82) is 0 Å². The number of aliphatic hydroxyl groups excluding tert-OH is 2. The van der Waals surface area contributed by atoms with Gasteiger partial charge in [-0.3, -0.25) is 9.59 Å². The second kappa shape index (κ2) is 51.3. The Morgan fingerprint density at radius 3 is 1.14 bits per heavy atom. The van der Waals surface area contributed by atoms with Gasteiger partial charge in [0, 0.05) is 6.42 Å². The van der Waals surface area contributed by atoms with Crippen LogP contribution in [0.25, 0.3) is 0 Å². The summed E-state index contributed by atoms with van der Waals surface area (Å²) >= 11 is 0. The summed E-state index contributed by atoms with van der Waals surface area (Å²) in [5.74, 6) is -0.472. The van der Waals surface area contributed by atoms with Crippen LogP contribution in [0.4, 0.5) is 0 Å². The lowest BCUT2D eigenvalue weighted by Gasteiger charge is -2.24. The molecule has 0 spiro atoms. The smallest absolute Gasteiger partial charge is 0.306 e. The second-order valence-electron chi connectivity index (χ2n) is 19.3. The van der Waals surface area contributed by atoms with Crippen molar-refractivity contribution in [3.63, 3.8) is 0 Å². The van der Waals surface area contributed by atoms with Gasteiger partial charge in [-0.05, 0) is 77.0 Å². The van der Waals surface area contributed by atoms with Crippen molar-refractivity contribution < 1.29 is 24.5 Å². The van der Waals surface area contributed by atoms with Crippen LogP contribution in [0.5, 0.6) is 0 Å². The van der Waals surface area contributed by atoms with Gasteiger partial charge in [-0.15, -0.1) is 0 Å². The number of hydrogen-bond donors (Lipinski definition) is 3. The Kier molecular flexibility index (Phi) is 50.0. The first-order valence-corrected chi connectivity index (χ1v) is 28.1. The molecule has 372 valence electrons. The lowest BCUT2D eigenvalue weighted by atomic mass is 10.0. The maximum Gasteiger partial charge on any atom is 0.306 e. The fraction of sp³-hybridized carbons (Fsp3) is 0.895. The highest BCUT2D eigenvalue weighted by Gasteiger charge is 2.24. The standard InChI is InChI=1S/C57H109NO5/c1-4-7-10-13-16-19-22-25-27-29-31-34-37-40-43-46-49-55(60)54(52-59)58-56(61)51-53(48-45-42-39-36-33-30-24-21-18-15-12-9-6-3)63-57(62)50-47-44-41-38-35-32-28-26-23-20-17-14-11-8-5-2/h20-21,23-24,53-55,59-60H,4-19,22,25-52H2,1-3H3,(H,58,61)/b23-20-,24-21-. The molecule has 0 aromatic carbocycles. The summed E-state index contributed by atoms with van der Waals surface area (Å²) in [7, 11) is 0. The van der Waals surface area contributed by atoms with Crippen molar-refractivity contribution in [2.24, 2.45) is 0 Å². The van der Waals surface area contributed by atoms with Crippen LogP contribution in [0.15, 0.2) is 24.3 Å². The molecule has 6 heteroatoms. The summed E-state index contributed by atoms with van der Waals surface area (Å²) < 4.78 is 5.95. The number of carbonyl (C=O) groups is 2. The molecule has 0 aliphatic rings. The summed E-state index contributed by atoms with van der Waals surface area (Å²) in [6, 6.07) is -0.702.